The second-order valence-corrected chi connectivity index (χ2v) is 11.3. The van der Waals surface area contributed by atoms with Gasteiger partial charge in [0.05, 0.1) is 28.8 Å². The van der Waals surface area contributed by atoms with Gasteiger partial charge in [-0.3, -0.25) is 4.68 Å². The van der Waals surface area contributed by atoms with E-state index in [1.807, 2.05) is 16.9 Å². The monoisotopic (exact) mass is 471 g/mol. The van der Waals surface area contributed by atoms with Gasteiger partial charge in [-0.1, -0.05) is 17.3 Å². The highest BCUT2D eigenvalue weighted by Gasteiger charge is 2.33. The molecule has 2 aromatic heterocycles. The Kier molecular flexibility index (Phi) is 6.62. The first-order valence-electron chi connectivity index (χ1n) is 12.0. The zero-order valence-corrected chi connectivity index (χ0v) is 20.5. The van der Waals surface area contributed by atoms with Crippen LogP contribution in [0.25, 0.3) is 22.3 Å². The molecule has 0 N–H and O–H groups in total. The largest absolute Gasteiger partial charge is 0.381 e. The lowest BCUT2D eigenvalue weighted by Crippen LogP contribution is -2.40. The summed E-state index contributed by atoms with van der Waals surface area (Å²) in [5, 5.41) is 10.1. The summed E-state index contributed by atoms with van der Waals surface area (Å²) in [5.41, 5.74) is 2.01. The maximum absolute atomic E-state index is 13.1. The molecule has 1 aliphatic carbocycles. The first-order chi connectivity index (χ1) is 16.0. The maximum Gasteiger partial charge on any atom is 0.230 e. The molecule has 9 heteroatoms. The number of nitrogens with zero attached hydrogens (tertiary/aromatic N) is 5. The van der Waals surface area contributed by atoms with E-state index < -0.39 is 11.0 Å². The first kappa shape index (κ1) is 22.7. The number of hydrogen-bond acceptors (Lipinski definition) is 6. The Balaban J connectivity index is 1.22. The average Bonchev–Trinajstić information content (AvgIpc) is 3.51. The van der Waals surface area contributed by atoms with Gasteiger partial charge in [0.2, 0.25) is 11.7 Å². The molecule has 1 unspecified atom stereocenters. The smallest absolute Gasteiger partial charge is 0.230 e. The minimum absolute atomic E-state index is 0.216. The Labute approximate surface area is 197 Å². The molecule has 1 atom stereocenters. The van der Waals surface area contributed by atoms with E-state index in [0.29, 0.717) is 17.8 Å². The van der Waals surface area contributed by atoms with Crippen molar-refractivity contribution in [3.8, 4) is 11.4 Å². The van der Waals surface area contributed by atoms with Crippen molar-refractivity contribution in [2.45, 2.75) is 75.7 Å². The summed E-state index contributed by atoms with van der Waals surface area (Å²) in [5.74, 6) is 1.52. The molecule has 178 valence electrons. The van der Waals surface area contributed by atoms with Crippen molar-refractivity contribution in [3.63, 3.8) is 0 Å². The molecule has 5 rings (SSSR count). The highest BCUT2D eigenvalue weighted by molar-refractivity contribution is 7.83. The number of methoxy groups -OCH3 is 1. The third-order valence-corrected chi connectivity index (χ3v) is 9.00. The predicted octanol–water partition coefficient (Wildman–Crippen LogP) is 4.47. The van der Waals surface area contributed by atoms with Crippen LogP contribution in [0.4, 0.5) is 0 Å². The van der Waals surface area contributed by atoms with Crippen molar-refractivity contribution in [1.82, 2.24) is 24.2 Å². The van der Waals surface area contributed by atoms with Crippen LogP contribution in [0.15, 0.2) is 28.9 Å². The Morgan fingerprint density at radius 1 is 1.12 bits per heavy atom. The van der Waals surface area contributed by atoms with Crippen LogP contribution in [0, 0.1) is 0 Å². The van der Waals surface area contributed by atoms with E-state index in [1.54, 1.807) is 7.11 Å². The summed E-state index contributed by atoms with van der Waals surface area (Å²) in [6.45, 7) is 5.85. The third-order valence-electron chi connectivity index (χ3n) is 7.08. The molecule has 1 saturated carbocycles. The number of rotatable bonds is 6. The van der Waals surface area contributed by atoms with Gasteiger partial charge in [-0.2, -0.15) is 10.1 Å². The van der Waals surface area contributed by atoms with E-state index in [1.165, 1.54) is 0 Å². The number of aromatic nitrogens is 4. The van der Waals surface area contributed by atoms with Gasteiger partial charge in [0.25, 0.3) is 0 Å². The van der Waals surface area contributed by atoms with Crippen molar-refractivity contribution in [3.05, 3.63) is 30.3 Å². The molecule has 3 heterocycles. The van der Waals surface area contributed by atoms with Crippen LogP contribution in [0.3, 0.4) is 0 Å². The lowest BCUT2D eigenvalue weighted by atomic mass is 9.97. The molecule has 2 fully saturated rings. The van der Waals surface area contributed by atoms with E-state index in [0.717, 1.165) is 68.1 Å². The molecule has 0 radical (unpaired) electrons. The van der Waals surface area contributed by atoms with Crippen LogP contribution in [0.2, 0.25) is 0 Å². The second-order valence-electron chi connectivity index (χ2n) is 9.53. The molecule has 0 spiro atoms. The van der Waals surface area contributed by atoms with Gasteiger partial charge in [0.15, 0.2) is 0 Å². The van der Waals surface area contributed by atoms with Gasteiger partial charge >= 0.3 is 0 Å². The number of hydrogen-bond donors (Lipinski definition) is 0. The fraction of sp³-hybridized carbons (Fsp3) is 0.625. The van der Waals surface area contributed by atoms with Crippen LogP contribution in [0.5, 0.6) is 0 Å². The summed E-state index contributed by atoms with van der Waals surface area (Å²) >= 11 is 0. The molecule has 1 aromatic carbocycles. The molecule has 8 nitrogen and oxygen atoms in total. The molecule has 2 aliphatic rings. The number of benzene rings is 1. The highest BCUT2D eigenvalue weighted by Crippen LogP contribution is 2.32. The summed E-state index contributed by atoms with van der Waals surface area (Å²) in [6, 6.07) is 6.44. The fourth-order valence-electron chi connectivity index (χ4n) is 5.07. The molecule has 1 aliphatic heterocycles. The average molecular weight is 472 g/mol. The van der Waals surface area contributed by atoms with Gasteiger partial charge in [-0.05, 0) is 58.4 Å². The van der Waals surface area contributed by atoms with E-state index >= 15 is 0 Å². The van der Waals surface area contributed by atoms with Crippen LogP contribution >= 0.6 is 0 Å². The lowest BCUT2D eigenvalue weighted by molar-refractivity contribution is 0.0716. The van der Waals surface area contributed by atoms with Crippen LogP contribution < -0.4 is 0 Å². The van der Waals surface area contributed by atoms with Gasteiger partial charge < -0.3 is 9.26 Å². The van der Waals surface area contributed by atoms with Gasteiger partial charge in [-0.15, -0.1) is 0 Å². The van der Waals surface area contributed by atoms with Gasteiger partial charge in [-0.25, -0.2) is 8.51 Å². The first-order valence-corrected chi connectivity index (χ1v) is 13.2. The van der Waals surface area contributed by atoms with Crippen LogP contribution in [-0.4, -0.2) is 60.0 Å². The topological polar surface area (TPSA) is 86.3 Å². The zero-order chi connectivity index (χ0) is 22.9. The Hall–Kier alpha value is -2.10. The summed E-state index contributed by atoms with van der Waals surface area (Å²) in [7, 11) is 0.854. The molecule has 1 saturated heterocycles. The van der Waals surface area contributed by atoms with E-state index in [-0.39, 0.29) is 17.2 Å². The maximum atomic E-state index is 13.1. The minimum atomic E-state index is -0.919. The molecule has 0 amide bonds. The van der Waals surface area contributed by atoms with E-state index in [4.69, 9.17) is 14.2 Å². The number of piperidine rings is 1. The SMILES string of the molecule is COC1CCC(S(=O)N2CCC(c3nc(-c4ccc5cnn(C(C)C)c5c4)no3)CC2)CC1. The summed E-state index contributed by atoms with van der Waals surface area (Å²) in [4.78, 5) is 4.73. The summed E-state index contributed by atoms with van der Waals surface area (Å²) in [6.07, 6.45) is 8.00. The molecule has 33 heavy (non-hydrogen) atoms. The Morgan fingerprint density at radius 3 is 2.58 bits per heavy atom. The predicted molar refractivity (Wildman–Crippen MR) is 128 cm³/mol. The molecule has 3 aromatic rings. The normalized spacial score (nSPS) is 24.0. The van der Waals surface area contributed by atoms with Crippen molar-refractivity contribution in [2.24, 2.45) is 0 Å². The van der Waals surface area contributed by atoms with Crippen molar-refractivity contribution < 1.29 is 13.5 Å². The van der Waals surface area contributed by atoms with Gasteiger partial charge in [0, 0.05) is 48.4 Å². The second kappa shape index (κ2) is 9.64. The quantitative estimate of drug-likeness (QED) is 0.527. The zero-order valence-electron chi connectivity index (χ0n) is 19.6. The fourth-order valence-corrected chi connectivity index (χ4v) is 6.74. The van der Waals surface area contributed by atoms with E-state index in [9.17, 15) is 4.21 Å². The molecular formula is C24H33N5O3S. The Morgan fingerprint density at radius 2 is 1.88 bits per heavy atom. The van der Waals surface area contributed by atoms with Crippen molar-refractivity contribution in [2.75, 3.05) is 20.2 Å². The molecule has 0 bridgehead atoms. The Bertz CT molecular complexity index is 1110. The lowest BCUT2D eigenvalue weighted by Gasteiger charge is -2.34. The summed E-state index contributed by atoms with van der Waals surface area (Å²) < 4.78 is 28.4. The van der Waals surface area contributed by atoms with E-state index in [2.05, 4.69) is 40.5 Å². The van der Waals surface area contributed by atoms with Crippen molar-refractivity contribution >= 4 is 21.9 Å². The highest BCUT2D eigenvalue weighted by atomic mass is 32.2. The number of fused-ring (bicyclic) bond motifs is 1. The molecular weight excluding hydrogens is 438 g/mol. The van der Waals surface area contributed by atoms with Crippen LogP contribution in [0.1, 0.15) is 70.2 Å². The third kappa shape index (κ3) is 4.63. The van der Waals surface area contributed by atoms with Crippen LogP contribution in [-0.2, 0) is 15.7 Å². The standard InChI is InChI=1S/C24H33N5O3S/c1-16(2)29-22-14-18(4-5-19(22)15-25-29)23-26-24(32-27-23)17-10-12-28(13-11-17)33(30)21-8-6-20(31-3)7-9-21/h4-5,14-17,20-21H,6-13H2,1-3H3. The van der Waals surface area contributed by atoms with Gasteiger partial charge in [0.1, 0.15) is 0 Å². The number of ether oxygens (including phenoxy) is 1. The minimum Gasteiger partial charge on any atom is -0.381 e. The van der Waals surface area contributed by atoms with Crippen molar-refractivity contribution in [1.29, 1.82) is 0 Å².